The van der Waals surface area contributed by atoms with Crippen LogP contribution in [0.5, 0.6) is 5.75 Å². The maximum Gasteiger partial charge on any atom is 0.226 e. The highest BCUT2D eigenvalue weighted by Crippen LogP contribution is 2.40. The fourth-order valence-electron chi connectivity index (χ4n) is 4.10. The van der Waals surface area contributed by atoms with Crippen molar-refractivity contribution in [2.45, 2.75) is 32.1 Å². The summed E-state index contributed by atoms with van der Waals surface area (Å²) in [5, 5.41) is 9.16. The number of β-amino-alcohol motifs (C(OH)–C–C–N with tert-alkyl or cyclic N) is 1. The van der Waals surface area contributed by atoms with Crippen molar-refractivity contribution < 1.29 is 19.4 Å². The SMILES string of the molecule is COc1ccc(CC(=O)N2CCC3(CCC(=O)N(CCO)C3)CC2)cc1. The minimum atomic E-state index is 0.00823. The van der Waals surface area contributed by atoms with E-state index in [-0.39, 0.29) is 23.8 Å². The second-order valence-corrected chi connectivity index (χ2v) is 7.44. The fraction of sp³-hybridized carbons (Fsp3) is 0.600. The van der Waals surface area contributed by atoms with Crippen LogP contribution in [0.2, 0.25) is 0 Å². The van der Waals surface area contributed by atoms with Gasteiger partial charge in [-0.05, 0) is 42.4 Å². The maximum absolute atomic E-state index is 12.6. The number of amides is 2. The van der Waals surface area contributed by atoms with E-state index in [9.17, 15) is 9.59 Å². The first-order chi connectivity index (χ1) is 12.5. The van der Waals surface area contributed by atoms with E-state index in [4.69, 9.17) is 9.84 Å². The molecule has 1 aromatic rings. The molecule has 0 atom stereocenters. The summed E-state index contributed by atoms with van der Waals surface area (Å²) in [6.45, 7) is 2.63. The van der Waals surface area contributed by atoms with Crippen LogP contribution in [0.4, 0.5) is 0 Å². The van der Waals surface area contributed by atoms with Gasteiger partial charge in [-0.3, -0.25) is 9.59 Å². The molecule has 0 radical (unpaired) electrons. The van der Waals surface area contributed by atoms with Crippen molar-refractivity contribution in [2.75, 3.05) is 39.9 Å². The summed E-state index contributed by atoms with van der Waals surface area (Å²) in [7, 11) is 1.63. The molecule has 2 aliphatic rings. The second kappa shape index (κ2) is 8.08. The third-order valence-electron chi connectivity index (χ3n) is 5.81. The molecule has 2 aliphatic heterocycles. The van der Waals surface area contributed by atoms with Gasteiger partial charge in [0.2, 0.25) is 11.8 Å². The van der Waals surface area contributed by atoms with Crippen LogP contribution in [-0.4, -0.2) is 66.6 Å². The topological polar surface area (TPSA) is 70.1 Å². The first-order valence-corrected chi connectivity index (χ1v) is 9.35. The molecule has 0 aliphatic carbocycles. The Balaban J connectivity index is 1.54. The number of likely N-dealkylation sites (tertiary alicyclic amines) is 2. The molecule has 0 aromatic heterocycles. The van der Waals surface area contributed by atoms with Crippen LogP contribution in [0.3, 0.4) is 0 Å². The number of aliphatic hydroxyl groups is 1. The lowest BCUT2D eigenvalue weighted by molar-refractivity contribution is -0.142. The molecule has 6 nitrogen and oxygen atoms in total. The molecule has 2 fully saturated rings. The number of rotatable bonds is 5. The van der Waals surface area contributed by atoms with Crippen molar-refractivity contribution in [1.29, 1.82) is 0 Å². The number of nitrogens with zero attached hydrogens (tertiary/aromatic N) is 2. The number of carbonyl (C=O) groups is 2. The number of benzene rings is 1. The highest BCUT2D eigenvalue weighted by molar-refractivity contribution is 5.79. The Hall–Kier alpha value is -2.08. The molecular weight excluding hydrogens is 332 g/mol. The molecule has 2 heterocycles. The number of piperidine rings is 2. The normalized spacial score (nSPS) is 19.7. The Morgan fingerprint density at radius 3 is 2.50 bits per heavy atom. The lowest BCUT2D eigenvalue weighted by atomic mass is 9.72. The summed E-state index contributed by atoms with van der Waals surface area (Å²) < 4.78 is 5.15. The van der Waals surface area contributed by atoms with Gasteiger partial charge in [0.15, 0.2) is 0 Å². The lowest BCUT2D eigenvalue weighted by Crippen LogP contribution is -2.53. The first kappa shape index (κ1) is 18.7. The van der Waals surface area contributed by atoms with Crippen molar-refractivity contribution in [3.63, 3.8) is 0 Å². The Labute approximate surface area is 154 Å². The van der Waals surface area contributed by atoms with Gasteiger partial charge in [0.25, 0.3) is 0 Å². The smallest absolute Gasteiger partial charge is 0.226 e. The molecule has 2 amide bonds. The first-order valence-electron chi connectivity index (χ1n) is 9.35. The van der Waals surface area contributed by atoms with Crippen LogP contribution in [0, 0.1) is 5.41 Å². The fourth-order valence-corrected chi connectivity index (χ4v) is 4.10. The Bertz CT molecular complexity index is 636. The standard InChI is InChI=1S/C20H28N2O4/c1-26-17-4-2-16(3-5-17)14-19(25)21-10-8-20(9-11-21)7-6-18(24)22(15-20)12-13-23/h2-5,23H,6-15H2,1H3. The van der Waals surface area contributed by atoms with Crippen LogP contribution in [-0.2, 0) is 16.0 Å². The molecule has 6 heteroatoms. The third kappa shape index (κ3) is 4.18. The Morgan fingerprint density at radius 2 is 1.88 bits per heavy atom. The summed E-state index contributed by atoms with van der Waals surface area (Å²) in [4.78, 5) is 28.3. The number of carbonyl (C=O) groups excluding carboxylic acids is 2. The average molecular weight is 360 g/mol. The van der Waals surface area contributed by atoms with Crippen molar-refractivity contribution in [3.8, 4) is 5.75 Å². The van der Waals surface area contributed by atoms with E-state index in [1.165, 1.54) is 0 Å². The number of ether oxygens (including phenoxy) is 1. The van der Waals surface area contributed by atoms with Crippen LogP contribution in [0.1, 0.15) is 31.2 Å². The van der Waals surface area contributed by atoms with E-state index >= 15 is 0 Å². The van der Waals surface area contributed by atoms with Crippen LogP contribution in [0.25, 0.3) is 0 Å². The second-order valence-electron chi connectivity index (χ2n) is 7.44. The van der Waals surface area contributed by atoms with Gasteiger partial charge in [-0.2, -0.15) is 0 Å². The van der Waals surface area contributed by atoms with Crippen molar-refractivity contribution in [1.82, 2.24) is 9.80 Å². The molecule has 3 rings (SSSR count). The molecule has 26 heavy (non-hydrogen) atoms. The summed E-state index contributed by atoms with van der Waals surface area (Å²) in [5.74, 6) is 1.09. The third-order valence-corrected chi connectivity index (χ3v) is 5.81. The quantitative estimate of drug-likeness (QED) is 0.863. The monoisotopic (exact) mass is 360 g/mol. The van der Waals surface area contributed by atoms with Crippen LogP contribution >= 0.6 is 0 Å². The molecule has 0 bridgehead atoms. The number of methoxy groups -OCH3 is 1. The number of hydrogen-bond donors (Lipinski definition) is 1. The maximum atomic E-state index is 12.6. The molecule has 1 aromatic carbocycles. The van der Waals surface area contributed by atoms with Gasteiger partial charge in [0, 0.05) is 32.6 Å². The zero-order valence-corrected chi connectivity index (χ0v) is 15.4. The zero-order valence-electron chi connectivity index (χ0n) is 15.4. The van der Waals surface area contributed by atoms with Gasteiger partial charge in [0.05, 0.1) is 20.1 Å². The summed E-state index contributed by atoms with van der Waals surface area (Å²) >= 11 is 0. The Kier molecular flexibility index (Phi) is 5.81. The molecular formula is C20H28N2O4. The highest BCUT2D eigenvalue weighted by atomic mass is 16.5. The van der Waals surface area contributed by atoms with Gasteiger partial charge in [-0.15, -0.1) is 0 Å². The molecule has 0 saturated carbocycles. The van der Waals surface area contributed by atoms with Crippen LogP contribution in [0.15, 0.2) is 24.3 Å². The van der Waals surface area contributed by atoms with Crippen molar-refractivity contribution in [3.05, 3.63) is 29.8 Å². The van der Waals surface area contributed by atoms with E-state index in [0.717, 1.165) is 43.7 Å². The van der Waals surface area contributed by atoms with Gasteiger partial charge in [-0.25, -0.2) is 0 Å². The number of hydrogen-bond acceptors (Lipinski definition) is 4. The van der Waals surface area contributed by atoms with Crippen molar-refractivity contribution in [2.24, 2.45) is 5.41 Å². The summed E-state index contributed by atoms with van der Waals surface area (Å²) in [5.41, 5.74) is 1.11. The average Bonchev–Trinajstić information content (AvgIpc) is 2.66. The van der Waals surface area contributed by atoms with Gasteiger partial charge < -0.3 is 19.6 Å². The van der Waals surface area contributed by atoms with Gasteiger partial charge in [0.1, 0.15) is 5.75 Å². The van der Waals surface area contributed by atoms with E-state index < -0.39 is 0 Å². The number of aliphatic hydroxyl groups excluding tert-OH is 1. The Morgan fingerprint density at radius 1 is 1.19 bits per heavy atom. The van der Waals surface area contributed by atoms with E-state index in [2.05, 4.69) is 0 Å². The molecule has 1 N–H and O–H groups in total. The van der Waals surface area contributed by atoms with E-state index in [1.54, 1.807) is 12.0 Å². The molecule has 0 unspecified atom stereocenters. The van der Waals surface area contributed by atoms with Gasteiger partial charge >= 0.3 is 0 Å². The van der Waals surface area contributed by atoms with Gasteiger partial charge in [-0.1, -0.05) is 12.1 Å². The lowest BCUT2D eigenvalue weighted by Gasteiger charge is -2.47. The predicted octanol–water partition coefficient (Wildman–Crippen LogP) is 1.46. The highest BCUT2D eigenvalue weighted by Gasteiger charge is 2.41. The molecule has 1 spiro atoms. The minimum absolute atomic E-state index is 0.00823. The molecule has 2 saturated heterocycles. The van der Waals surface area contributed by atoms with E-state index in [1.807, 2.05) is 29.2 Å². The van der Waals surface area contributed by atoms with E-state index in [0.29, 0.717) is 25.9 Å². The zero-order chi connectivity index (χ0) is 18.6. The predicted molar refractivity (Wildman–Crippen MR) is 97.8 cm³/mol. The minimum Gasteiger partial charge on any atom is -0.497 e. The summed E-state index contributed by atoms with van der Waals surface area (Å²) in [6.07, 6.45) is 3.72. The van der Waals surface area contributed by atoms with Crippen molar-refractivity contribution >= 4 is 11.8 Å². The molecule has 142 valence electrons. The summed E-state index contributed by atoms with van der Waals surface area (Å²) in [6, 6.07) is 7.62. The van der Waals surface area contributed by atoms with Crippen LogP contribution < -0.4 is 4.74 Å². The largest absolute Gasteiger partial charge is 0.497 e.